The number of esters is 1. The van der Waals surface area contributed by atoms with E-state index in [4.69, 9.17) is 0 Å². The lowest BCUT2D eigenvalue weighted by Gasteiger charge is -2.18. The highest BCUT2D eigenvalue weighted by atomic mass is 16.5. The Morgan fingerprint density at radius 2 is 2.19 bits per heavy atom. The molecule has 0 aliphatic heterocycles. The van der Waals surface area contributed by atoms with E-state index in [2.05, 4.69) is 18.6 Å². The van der Waals surface area contributed by atoms with Gasteiger partial charge in [0.25, 0.3) is 0 Å². The Morgan fingerprint density at radius 3 is 2.75 bits per heavy atom. The number of hydrogen-bond acceptors (Lipinski definition) is 3. The fraction of sp³-hybridized carbons (Fsp3) is 0.846. The van der Waals surface area contributed by atoms with Gasteiger partial charge in [0, 0.05) is 18.8 Å². The Bertz CT molecular complexity index is 258. The molecule has 1 fully saturated rings. The minimum absolute atomic E-state index is 0.0986. The van der Waals surface area contributed by atoms with Crippen LogP contribution in [0.15, 0.2) is 0 Å². The SMILES string of the molecule is COC(=O)CC1CCC(=O)C1CCC(C)C. The predicted molar refractivity (Wildman–Crippen MR) is 61.9 cm³/mol. The second-order valence-corrected chi connectivity index (χ2v) is 5.12. The molecule has 0 aromatic heterocycles. The molecule has 0 radical (unpaired) electrons. The molecule has 1 rings (SSSR count). The maximum absolute atomic E-state index is 11.7. The van der Waals surface area contributed by atoms with Crippen LogP contribution in [0.2, 0.25) is 0 Å². The summed E-state index contributed by atoms with van der Waals surface area (Å²) >= 11 is 0. The molecule has 3 nitrogen and oxygen atoms in total. The van der Waals surface area contributed by atoms with Crippen molar-refractivity contribution in [1.82, 2.24) is 0 Å². The first-order valence-corrected chi connectivity index (χ1v) is 6.14. The van der Waals surface area contributed by atoms with E-state index in [0.29, 0.717) is 24.5 Å². The summed E-state index contributed by atoms with van der Waals surface area (Å²) in [5.74, 6) is 1.09. The van der Waals surface area contributed by atoms with Crippen molar-refractivity contribution >= 4 is 11.8 Å². The molecule has 0 spiro atoms. The third kappa shape index (κ3) is 3.62. The molecule has 0 amide bonds. The number of carbonyl (C=O) groups excluding carboxylic acids is 2. The van der Waals surface area contributed by atoms with Crippen molar-refractivity contribution in [2.75, 3.05) is 7.11 Å². The van der Waals surface area contributed by atoms with Crippen LogP contribution >= 0.6 is 0 Å². The maximum atomic E-state index is 11.7. The highest BCUT2D eigenvalue weighted by Crippen LogP contribution is 2.35. The zero-order valence-electron chi connectivity index (χ0n) is 10.5. The summed E-state index contributed by atoms with van der Waals surface area (Å²) in [6, 6.07) is 0. The number of carbonyl (C=O) groups is 2. The standard InChI is InChI=1S/C13H22O3/c1-9(2)4-6-11-10(5-7-12(11)14)8-13(15)16-3/h9-11H,4-8H2,1-3H3. The van der Waals surface area contributed by atoms with Crippen molar-refractivity contribution in [3.8, 4) is 0 Å². The van der Waals surface area contributed by atoms with Crippen LogP contribution in [0.3, 0.4) is 0 Å². The van der Waals surface area contributed by atoms with E-state index < -0.39 is 0 Å². The molecule has 0 N–H and O–H groups in total. The first-order chi connectivity index (χ1) is 7.54. The molecular weight excluding hydrogens is 204 g/mol. The lowest BCUT2D eigenvalue weighted by atomic mass is 9.87. The molecule has 0 aromatic rings. The van der Waals surface area contributed by atoms with Crippen molar-refractivity contribution in [3.63, 3.8) is 0 Å². The van der Waals surface area contributed by atoms with E-state index in [-0.39, 0.29) is 17.8 Å². The molecule has 1 aliphatic rings. The molecule has 1 aliphatic carbocycles. The third-order valence-electron chi connectivity index (χ3n) is 3.46. The highest BCUT2D eigenvalue weighted by molar-refractivity contribution is 5.84. The first-order valence-electron chi connectivity index (χ1n) is 6.14. The number of hydrogen-bond donors (Lipinski definition) is 0. The van der Waals surface area contributed by atoms with Gasteiger partial charge in [0.05, 0.1) is 7.11 Å². The smallest absolute Gasteiger partial charge is 0.305 e. The van der Waals surface area contributed by atoms with Crippen LogP contribution in [-0.2, 0) is 14.3 Å². The Labute approximate surface area is 97.5 Å². The van der Waals surface area contributed by atoms with Gasteiger partial charge in [0.15, 0.2) is 0 Å². The Balaban J connectivity index is 2.49. The molecule has 92 valence electrons. The minimum atomic E-state index is -0.186. The van der Waals surface area contributed by atoms with Crippen molar-refractivity contribution in [1.29, 1.82) is 0 Å². The van der Waals surface area contributed by atoms with Gasteiger partial charge < -0.3 is 4.74 Å². The Hall–Kier alpha value is -0.860. The van der Waals surface area contributed by atoms with Crippen molar-refractivity contribution < 1.29 is 14.3 Å². The first kappa shape index (κ1) is 13.2. The summed E-state index contributed by atoms with van der Waals surface area (Å²) in [6.07, 6.45) is 3.90. The monoisotopic (exact) mass is 226 g/mol. The van der Waals surface area contributed by atoms with Crippen LogP contribution in [0.1, 0.15) is 46.0 Å². The Kier molecular flexibility index (Phi) is 4.97. The molecule has 0 bridgehead atoms. The molecule has 0 saturated heterocycles. The van der Waals surface area contributed by atoms with Gasteiger partial charge in [-0.25, -0.2) is 0 Å². The summed E-state index contributed by atoms with van der Waals surface area (Å²) in [7, 11) is 1.40. The van der Waals surface area contributed by atoms with Crippen molar-refractivity contribution in [2.24, 2.45) is 17.8 Å². The van der Waals surface area contributed by atoms with Gasteiger partial charge in [-0.05, 0) is 24.7 Å². The zero-order valence-corrected chi connectivity index (χ0v) is 10.5. The van der Waals surface area contributed by atoms with Gasteiger partial charge in [-0.15, -0.1) is 0 Å². The fourth-order valence-corrected chi connectivity index (χ4v) is 2.43. The summed E-state index contributed by atoms with van der Waals surface area (Å²) in [5, 5.41) is 0. The summed E-state index contributed by atoms with van der Waals surface area (Å²) in [5.41, 5.74) is 0. The number of rotatable bonds is 5. The third-order valence-corrected chi connectivity index (χ3v) is 3.46. The molecule has 0 heterocycles. The van der Waals surface area contributed by atoms with Gasteiger partial charge in [-0.3, -0.25) is 9.59 Å². The molecule has 16 heavy (non-hydrogen) atoms. The quantitative estimate of drug-likeness (QED) is 0.677. The van der Waals surface area contributed by atoms with Gasteiger partial charge in [0.2, 0.25) is 0 Å². The minimum Gasteiger partial charge on any atom is -0.469 e. The van der Waals surface area contributed by atoms with Gasteiger partial charge >= 0.3 is 5.97 Å². The van der Waals surface area contributed by atoms with Crippen LogP contribution in [0.5, 0.6) is 0 Å². The zero-order chi connectivity index (χ0) is 12.1. The van der Waals surface area contributed by atoms with Crippen LogP contribution in [0.4, 0.5) is 0 Å². The largest absolute Gasteiger partial charge is 0.469 e. The highest BCUT2D eigenvalue weighted by Gasteiger charge is 2.35. The topological polar surface area (TPSA) is 43.4 Å². The maximum Gasteiger partial charge on any atom is 0.305 e. The number of methoxy groups -OCH3 is 1. The van der Waals surface area contributed by atoms with E-state index in [0.717, 1.165) is 19.3 Å². The average Bonchev–Trinajstić information content (AvgIpc) is 2.56. The Morgan fingerprint density at radius 1 is 1.50 bits per heavy atom. The lowest BCUT2D eigenvalue weighted by molar-refractivity contribution is -0.142. The van der Waals surface area contributed by atoms with Crippen molar-refractivity contribution in [3.05, 3.63) is 0 Å². The van der Waals surface area contributed by atoms with Gasteiger partial charge in [0.1, 0.15) is 5.78 Å². The van der Waals surface area contributed by atoms with E-state index >= 15 is 0 Å². The molecule has 3 heteroatoms. The fourth-order valence-electron chi connectivity index (χ4n) is 2.43. The van der Waals surface area contributed by atoms with E-state index in [1.165, 1.54) is 7.11 Å². The number of Topliss-reactive ketones (excluding diaryl/α,β-unsaturated/α-hetero) is 1. The second-order valence-electron chi connectivity index (χ2n) is 5.12. The lowest BCUT2D eigenvalue weighted by Crippen LogP contribution is -2.19. The molecule has 0 aromatic carbocycles. The van der Waals surface area contributed by atoms with Crippen LogP contribution in [0.25, 0.3) is 0 Å². The number of ketones is 1. The van der Waals surface area contributed by atoms with E-state index in [1.807, 2.05) is 0 Å². The van der Waals surface area contributed by atoms with Crippen LogP contribution in [0, 0.1) is 17.8 Å². The average molecular weight is 226 g/mol. The predicted octanol–water partition coefficient (Wildman–Crippen LogP) is 2.58. The summed E-state index contributed by atoms with van der Waals surface area (Å²) in [4.78, 5) is 22.9. The van der Waals surface area contributed by atoms with E-state index in [1.54, 1.807) is 0 Å². The van der Waals surface area contributed by atoms with Crippen LogP contribution < -0.4 is 0 Å². The molecular formula is C13H22O3. The summed E-state index contributed by atoms with van der Waals surface area (Å²) < 4.78 is 4.67. The van der Waals surface area contributed by atoms with Crippen LogP contribution in [-0.4, -0.2) is 18.9 Å². The molecule has 2 atom stereocenters. The molecule has 2 unspecified atom stereocenters. The van der Waals surface area contributed by atoms with Crippen molar-refractivity contribution in [2.45, 2.75) is 46.0 Å². The van der Waals surface area contributed by atoms with Gasteiger partial charge in [-0.2, -0.15) is 0 Å². The number of ether oxygens (including phenoxy) is 1. The summed E-state index contributed by atoms with van der Waals surface area (Å²) in [6.45, 7) is 4.32. The van der Waals surface area contributed by atoms with E-state index in [9.17, 15) is 9.59 Å². The van der Waals surface area contributed by atoms with Gasteiger partial charge in [-0.1, -0.05) is 20.3 Å². The second kappa shape index (κ2) is 6.02. The normalized spacial score (nSPS) is 25.1. The molecule has 1 saturated carbocycles.